The van der Waals surface area contributed by atoms with Crippen LogP contribution in [0.3, 0.4) is 0 Å². The molecular formula is C22H37N5O2. The molecule has 2 aliphatic carbocycles. The third kappa shape index (κ3) is 3.44. The number of nitrogens with one attached hydrogen (secondary N) is 1. The standard InChI is InChI=1S/C22H37N5O2/c1-2-23-21(24-19-17-6-15-29-20(17)22(19)7-5-8-22)27-13-11-25(12-14-27)16-18(28)26-9-3-4-10-26/h17,19-20H,2-16H2,1H3,(H,23,24). The summed E-state index contributed by atoms with van der Waals surface area (Å²) in [5.74, 6) is 2.06. The SMILES string of the molecule is CCN=C(NC1C2CCOC2C12CCC2)N1CCN(CC(=O)N2CCCC2)CC1. The average Bonchev–Trinajstić information content (AvgIpc) is 3.36. The molecule has 3 atom stereocenters. The van der Waals surface area contributed by atoms with Crippen molar-refractivity contribution in [2.45, 2.75) is 57.6 Å². The minimum atomic E-state index is 0.310. The number of carbonyl (C=O) groups is 1. The number of aliphatic imine (C=N–C) groups is 1. The number of likely N-dealkylation sites (tertiary alicyclic amines) is 1. The summed E-state index contributed by atoms with van der Waals surface area (Å²) in [5, 5.41) is 3.89. The predicted octanol–water partition coefficient (Wildman–Crippen LogP) is 1.15. The third-order valence-corrected chi connectivity index (χ3v) is 8.12. The Hall–Kier alpha value is -1.34. The van der Waals surface area contributed by atoms with Crippen molar-refractivity contribution in [2.24, 2.45) is 16.3 Å². The van der Waals surface area contributed by atoms with Gasteiger partial charge < -0.3 is 19.9 Å². The molecule has 5 fully saturated rings. The normalized spacial score (nSPS) is 34.1. The molecule has 29 heavy (non-hydrogen) atoms. The first-order valence-corrected chi connectivity index (χ1v) is 11.9. The Bertz CT molecular complexity index is 635. The van der Waals surface area contributed by atoms with Crippen LogP contribution in [0.5, 0.6) is 0 Å². The fraction of sp³-hybridized carbons (Fsp3) is 0.909. The lowest BCUT2D eigenvalue weighted by atomic mass is 9.46. The van der Waals surface area contributed by atoms with Crippen LogP contribution in [-0.2, 0) is 9.53 Å². The Morgan fingerprint density at radius 3 is 2.48 bits per heavy atom. The second-order valence-corrected chi connectivity index (χ2v) is 9.60. The molecule has 1 amide bonds. The molecule has 0 aromatic rings. The number of guanidine groups is 1. The molecule has 7 nitrogen and oxygen atoms in total. The van der Waals surface area contributed by atoms with Gasteiger partial charge in [0.15, 0.2) is 5.96 Å². The Kier molecular flexibility index (Phi) is 5.45. The fourth-order valence-electron chi connectivity index (χ4n) is 6.36. The lowest BCUT2D eigenvalue weighted by Gasteiger charge is -2.63. The molecular weight excluding hydrogens is 366 g/mol. The molecule has 162 valence electrons. The van der Waals surface area contributed by atoms with Crippen LogP contribution in [0, 0.1) is 11.3 Å². The zero-order valence-electron chi connectivity index (χ0n) is 17.9. The van der Waals surface area contributed by atoms with Gasteiger partial charge in [-0.05, 0) is 39.0 Å². The Balaban J connectivity index is 1.16. The highest BCUT2D eigenvalue weighted by Crippen LogP contribution is 2.62. The highest BCUT2D eigenvalue weighted by molar-refractivity contribution is 5.81. The highest BCUT2D eigenvalue weighted by atomic mass is 16.5. The van der Waals surface area contributed by atoms with Crippen molar-refractivity contribution < 1.29 is 9.53 Å². The van der Waals surface area contributed by atoms with Gasteiger partial charge in [0.1, 0.15) is 0 Å². The summed E-state index contributed by atoms with van der Waals surface area (Å²) in [6.07, 6.45) is 7.96. The Morgan fingerprint density at radius 2 is 1.83 bits per heavy atom. The molecule has 5 aliphatic rings. The van der Waals surface area contributed by atoms with E-state index in [1.54, 1.807) is 0 Å². The van der Waals surface area contributed by atoms with E-state index in [0.717, 1.165) is 71.2 Å². The van der Waals surface area contributed by atoms with Crippen molar-refractivity contribution >= 4 is 11.9 Å². The van der Waals surface area contributed by atoms with E-state index in [1.165, 1.54) is 25.7 Å². The number of fused-ring (bicyclic) bond motifs is 2. The number of nitrogens with zero attached hydrogens (tertiary/aromatic N) is 4. The van der Waals surface area contributed by atoms with Crippen LogP contribution < -0.4 is 5.32 Å². The maximum Gasteiger partial charge on any atom is 0.236 e. The molecule has 0 aromatic heterocycles. The van der Waals surface area contributed by atoms with E-state index < -0.39 is 0 Å². The molecule has 7 heteroatoms. The van der Waals surface area contributed by atoms with Gasteiger partial charge in [0.05, 0.1) is 12.6 Å². The molecule has 3 saturated heterocycles. The van der Waals surface area contributed by atoms with E-state index in [-0.39, 0.29) is 0 Å². The van der Waals surface area contributed by atoms with Gasteiger partial charge in [-0.25, -0.2) is 0 Å². The Morgan fingerprint density at radius 1 is 1.07 bits per heavy atom. The van der Waals surface area contributed by atoms with Gasteiger partial charge in [-0.15, -0.1) is 0 Å². The van der Waals surface area contributed by atoms with E-state index in [0.29, 0.717) is 35.9 Å². The number of rotatable bonds is 4. The molecule has 5 rings (SSSR count). The topological polar surface area (TPSA) is 60.4 Å². The molecule has 3 heterocycles. The number of piperazine rings is 1. The second kappa shape index (κ2) is 8.06. The molecule has 0 radical (unpaired) electrons. The largest absolute Gasteiger partial charge is 0.377 e. The quantitative estimate of drug-likeness (QED) is 0.564. The second-order valence-electron chi connectivity index (χ2n) is 9.60. The molecule has 3 aliphatic heterocycles. The van der Waals surface area contributed by atoms with Crippen LogP contribution in [0.1, 0.15) is 45.4 Å². The minimum absolute atomic E-state index is 0.310. The molecule has 1 N–H and O–H groups in total. The Labute approximate surface area is 174 Å². The van der Waals surface area contributed by atoms with Gasteiger partial charge in [-0.1, -0.05) is 6.42 Å². The van der Waals surface area contributed by atoms with Gasteiger partial charge in [-0.2, -0.15) is 0 Å². The van der Waals surface area contributed by atoms with E-state index >= 15 is 0 Å². The smallest absolute Gasteiger partial charge is 0.236 e. The van der Waals surface area contributed by atoms with Crippen LogP contribution in [0.4, 0.5) is 0 Å². The van der Waals surface area contributed by atoms with Crippen LogP contribution in [0.15, 0.2) is 4.99 Å². The lowest BCUT2D eigenvalue weighted by Crippen LogP contribution is -2.73. The van der Waals surface area contributed by atoms with Crippen LogP contribution in [0.25, 0.3) is 0 Å². The minimum Gasteiger partial charge on any atom is -0.377 e. The summed E-state index contributed by atoms with van der Waals surface area (Å²) >= 11 is 0. The van der Waals surface area contributed by atoms with E-state index in [1.807, 2.05) is 4.90 Å². The molecule has 2 saturated carbocycles. The summed E-state index contributed by atoms with van der Waals surface area (Å²) in [5.41, 5.74) is 0.375. The van der Waals surface area contributed by atoms with Gasteiger partial charge in [-0.3, -0.25) is 14.7 Å². The molecule has 1 spiro atoms. The zero-order chi connectivity index (χ0) is 19.8. The molecule has 0 aromatic carbocycles. The van der Waals surface area contributed by atoms with Crippen molar-refractivity contribution in [3.63, 3.8) is 0 Å². The van der Waals surface area contributed by atoms with E-state index in [4.69, 9.17) is 9.73 Å². The van der Waals surface area contributed by atoms with Crippen molar-refractivity contribution in [1.82, 2.24) is 20.0 Å². The average molecular weight is 404 g/mol. The number of hydrogen-bond donors (Lipinski definition) is 1. The summed E-state index contributed by atoms with van der Waals surface area (Å²) in [4.78, 5) is 24.1. The molecule has 3 unspecified atom stereocenters. The number of carbonyl (C=O) groups excluding carboxylic acids is 1. The first kappa shape index (κ1) is 19.6. The van der Waals surface area contributed by atoms with Crippen LogP contribution >= 0.6 is 0 Å². The summed E-state index contributed by atoms with van der Waals surface area (Å²) in [6.45, 7) is 10.1. The van der Waals surface area contributed by atoms with Gasteiger partial charge in [0, 0.05) is 69.8 Å². The fourth-order valence-corrected chi connectivity index (χ4v) is 6.36. The van der Waals surface area contributed by atoms with Gasteiger partial charge in [0.2, 0.25) is 5.91 Å². The van der Waals surface area contributed by atoms with Crippen molar-refractivity contribution in [3.8, 4) is 0 Å². The summed E-state index contributed by atoms with van der Waals surface area (Å²) in [7, 11) is 0. The van der Waals surface area contributed by atoms with Crippen LogP contribution in [0.2, 0.25) is 0 Å². The molecule has 0 bridgehead atoms. The predicted molar refractivity (Wildman–Crippen MR) is 113 cm³/mol. The first-order chi connectivity index (χ1) is 14.2. The monoisotopic (exact) mass is 403 g/mol. The number of ether oxygens (including phenoxy) is 1. The highest BCUT2D eigenvalue weighted by Gasteiger charge is 2.66. The lowest BCUT2D eigenvalue weighted by molar-refractivity contribution is -0.171. The first-order valence-electron chi connectivity index (χ1n) is 11.9. The summed E-state index contributed by atoms with van der Waals surface area (Å²) in [6, 6.07) is 0.531. The summed E-state index contributed by atoms with van der Waals surface area (Å²) < 4.78 is 6.08. The van der Waals surface area contributed by atoms with Crippen molar-refractivity contribution in [3.05, 3.63) is 0 Å². The zero-order valence-corrected chi connectivity index (χ0v) is 17.9. The number of amides is 1. The van der Waals surface area contributed by atoms with Crippen LogP contribution in [-0.4, -0.2) is 97.7 Å². The third-order valence-electron chi connectivity index (χ3n) is 8.12. The maximum atomic E-state index is 12.5. The van der Waals surface area contributed by atoms with E-state index in [9.17, 15) is 4.79 Å². The number of hydrogen-bond acceptors (Lipinski definition) is 4. The van der Waals surface area contributed by atoms with Crippen molar-refractivity contribution in [2.75, 3.05) is 59.0 Å². The van der Waals surface area contributed by atoms with Gasteiger partial charge in [0.25, 0.3) is 0 Å². The van der Waals surface area contributed by atoms with E-state index in [2.05, 4.69) is 22.0 Å². The van der Waals surface area contributed by atoms with Crippen molar-refractivity contribution in [1.29, 1.82) is 0 Å². The van der Waals surface area contributed by atoms with Gasteiger partial charge >= 0.3 is 0 Å². The maximum absolute atomic E-state index is 12.5.